The SMILES string of the molecule is CN=C(NCCCC1CCCCC1)NCc1ccc(C(N)=O)cc1. The van der Waals surface area contributed by atoms with E-state index in [2.05, 4.69) is 15.6 Å². The highest BCUT2D eigenvalue weighted by atomic mass is 16.1. The van der Waals surface area contributed by atoms with E-state index in [1.807, 2.05) is 12.1 Å². The van der Waals surface area contributed by atoms with Gasteiger partial charge in [-0.3, -0.25) is 9.79 Å². The summed E-state index contributed by atoms with van der Waals surface area (Å²) >= 11 is 0. The summed E-state index contributed by atoms with van der Waals surface area (Å²) in [4.78, 5) is 15.3. The first-order valence-electron chi connectivity index (χ1n) is 9.02. The van der Waals surface area contributed by atoms with Crippen LogP contribution in [0, 0.1) is 5.92 Å². The number of nitrogens with zero attached hydrogens (tertiary/aromatic N) is 1. The molecule has 24 heavy (non-hydrogen) atoms. The molecule has 5 nitrogen and oxygen atoms in total. The van der Waals surface area contributed by atoms with Crippen LogP contribution in [0.5, 0.6) is 0 Å². The summed E-state index contributed by atoms with van der Waals surface area (Å²) in [6.45, 7) is 1.62. The number of primary amides is 1. The highest BCUT2D eigenvalue weighted by Crippen LogP contribution is 2.26. The molecule has 0 radical (unpaired) electrons. The molecule has 0 bridgehead atoms. The zero-order valence-electron chi connectivity index (χ0n) is 14.7. The Morgan fingerprint density at radius 2 is 1.88 bits per heavy atom. The van der Waals surface area contributed by atoms with Crippen LogP contribution >= 0.6 is 0 Å². The van der Waals surface area contributed by atoms with Gasteiger partial charge < -0.3 is 16.4 Å². The standard InChI is InChI=1S/C19H30N4O/c1-21-19(22-13-5-8-15-6-3-2-4-7-15)23-14-16-9-11-17(12-10-16)18(20)24/h9-12,15H,2-8,13-14H2,1H3,(H2,20,24)(H2,21,22,23). The average Bonchev–Trinajstić information content (AvgIpc) is 2.62. The van der Waals surface area contributed by atoms with Crippen molar-refractivity contribution in [1.29, 1.82) is 0 Å². The van der Waals surface area contributed by atoms with Gasteiger partial charge >= 0.3 is 0 Å². The van der Waals surface area contributed by atoms with Gasteiger partial charge in [-0.05, 0) is 36.5 Å². The van der Waals surface area contributed by atoms with Crippen LogP contribution in [0.3, 0.4) is 0 Å². The number of guanidine groups is 1. The number of nitrogens with two attached hydrogens (primary N) is 1. The smallest absolute Gasteiger partial charge is 0.248 e. The van der Waals surface area contributed by atoms with Gasteiger partial charge in [-0.15, -0.1) is 0 Å². The normalized spacial score (nSPS) is 16.0. The van der Waals surface area contributed by atoms with Gasteiger partial charge in [0.05, 0.1) is 0 Å². The summed E-state index contributed by atoms with van der Waals surface area (Å²) in [5.74, 6) is 1.35. The first-order valence-corrected chi connectivity index (χ1v) is 9.02. The van der Waals surface area contributed by atoms with Crippen LogP contribution in [0.4, 0.5) is 0 Å². The van der Waals surface area contributed by atoms with Gasteiger partial charge in [0.2, 0.25) is 5.91 Å². The minimum absolute atomic E-state index is 0.398. The Bertz CT molecular complexity index is 533. The number of rotatable bonds is 7. The minimum atomic E-state index is -0.398. The molecule has 1 saturated carbocycles. The van der Waals surface area contributed by atoms with Crippen molar-refractivity contribution in [2.45, 2.75) is 51.5 Å². The summed E-state index contributed by atoms with van der Waals surface area (Å²) in [6.07, 6.45) is 9.58. The van der Waals surface area contributed by atoms with Crippen molar-refractivity contribution in [3.05, 3.63) is 35.4 Å². The van der Waals surface area contributed by atoms with E-state index >= 15 is 0 Å². The molecule has 1 aromatic rings. The van der Waals surface area contributed by atoms with E-state index < -0.39 is 5.91 Å². The minimum Gasteiger partial charge on any atom is -0.366 e. The third-order valence-corrected chi connectivity index (χ3v) is 4.73. The van der Waals surface area contributed by atoms with E-state index in [4.69, 9.17) is 5.73 Å². The second-order valence-corrected chi connectivity index (χ2v) is 6.56. The third kappa shape index (κ3) is 6.22. The summed E-state index contributed by atoms with van der Waals surface area (Å²) in [5.41, 5.74) is 6.87. The lowest BCUT2D eigenvalue weighted by molar-refractivity contribution is 0.100. The molecule has 0 unspecified atom stereocenters. The highest BCUT2D eigenvalue weighted by molar-refractivity contribution is 5.92. The molecule has 0 aromatic heterocycles. The molecule has 0 saturated heterocycles. The van der Waals surface area contributed by atoms with Crippen molar-refractivity contribution in [1.82, 2.24) is 10.6 Å². The molecule has 0 heterocycles. The van der Waals surface area contributed by atoms with E-state index in [0.29, 0.717) is 12.1 Å². The lowest BCUT2D eigenvalue weighted by atomic mass is 9.86. The Morgan fingerprint density at radius 3 is 2.50 bits per heavy atom. The van der Waals surface area contributed by atoms with Crippen molar-refractivity contribution < 1.29 is 4.79 Å². The van der Waals surface area contributed by atoms with Gasteiger partial charge in [-0.25, -0.2) is 0 Å². The molecule has 1 fully saturated rings. The zero-order valence-corrected chi connectivity index (χ0v) is 14.7. The maximum atomic E-state index is 11.1. The molecule has 1 aromatic carbocycles. The van der Waals surface area contributed by atoms with Crippen LogP contribution in [0.1, 0.15) is 60.9 Å². The number of nitrogens with one attached hydrogen (secondary N) is 2. The van der Waals surface area contributed by atoms with Crippen molar-refractivity contribution in [2.24, 2.45) is 16.6 Å². The molecule has 0 atom stereocenters. The molecule has 132 valence electrons. The van der Waals surface area contributed by atoms with Crippen LogP contribution in [0.25, 0.3) is 0 Å². The van der Waals surface area contributed by atoms with Crippen LogP contribution in [-0.4, -0.2) is 25.5 Å². The quantitative estimate of drug-likeness (QED) is 0.408. The molecule has 1 aliphatic rings. The second-order valence-electron chi connectivity index (χ2n) is 6.56. The van der Waals surface area contributed by atoms with Crippen molar-refractivity contribution in [3.8, 4) is 0 Å². The van der Waals surface area contributed by atoms with Gasteiger partial charge in [-0.2, -0.15) is 0 Å². The Kier molecular flexibility index (Phi) is 7.59. The second kappa shape index (κ2) is 9.96. The average molecular weight is 330 g/mol. The predicted octanol–water partition coefficient (Wildman–Crippen LogP) is 2.81. The first-order chi connectivity index (χ1) is 11.7. The number of benzene rings is 1. The molecule has 5 heteroatoms. The maximum Gasteiger partial charge on any atom is 0.248 e. The Labute approximate surface area is 145 Å². The topological polar surface area (TPSA) is 79.5 Å². The lowest BCUT2D eigenvalue weighted by Crippen LogP contribution is -2.37. The molecule has 1 aliphatic carbocycles. The molecule has 0 aliphatic heterocycles. The van der Waals surface area contributed by atoms with Crippen LogP contribution in [0.15, 0.2) is 29.3 Å². The number of carbonyl (C=O) groups is 1. The fraction of sp³-hybridized carbons (Fsp3) is 0.579. The third-order valence-electron chi connectivity index (χ3n) is 4.73. The molecular formula is C19H30N4O. The van der Waals surface area contributed by atoms with Crippen molar-refractivity contribution >= 4 is 11.9 Å². The van der Waals surface area contributed by atoms with Crippen molar-refractivity contribution in [3.63, 3.8) is 0 Å². The van der Waals surface area contributed by atoms with E-state index in [1.165, 1.54) is 44.9 Å². The number of hydrogen-bond donors (Lipinski definition) is 3. The molecule has 1 amide bonds. The summed E-state index contributed by atoms with van der Waals surface area (Å²) in [6, 6.07) is 7.31. The van der Waals surface area contributed by atoms with Gasteiger partial charge in [0.1, 0.15) is 0 Å². The number of carbonyl (C=O) groups excluding carboxylic acids is 1. The van der Waals surface area contributed by atoms with E-state index in [-0.39, 0.29) is 0 Å². The fourth-order valence-electron chi connectivity index (χ4n) is 3.27. The zero-order chi connectivity index (χ0) is 17.2. The summed E-state index contributed by atoms with van der Waals surface area (Å²) in [5, 5.41) is 6.67. The molecule has 4 N–H and O–H groups in total. The van der Waals surface area contributed by atoms with Crippen molar-refractivity contribution in [2.75, 3.05) is 13.6 Å². The van der Waals surface area contributed by atoms with Crippen LogP contribution in [0.2, 0.25) is 0 Å². The number of aliphatic imine (C=N–C) groups is 1. The number of amides is 1. The van der Waals surface area contributed by atoms with Crippen LogP contribution in [-0.2, 0) is 6.54 Å². The van der Waals surface area contributed by atoms with Gasteiger partial charge in [0.15, 0.2) is 5.96 Å². The Morgan fingerprint density at radius 1 is 1.17 bits per heavy atom. The van der Waals surface area contributed by atoms with Gasteiger partial charge in [-0.1, -0.05) is 44.2 Å². The van der Waals surface area contributed by atoms with E-state index in [9.17, 15) is 4.79 Å². The van der Waals surface area contributed by atoms with E-state index in [1.54, 1.807) is 19.2 Å². The lowest BCUT2D eigenvalue weighted by Gasteiger charge is -2.21. The Balaban J connectivity index is 1.65. The highest BCUT2D eigenvalue weighted by Gasteiger charge is 2.12. The first kappa shape index (κ1) is 18.3. The van der Waals surface area contributed by atoms with Crippen LogP contribution < -0.4 is 16.4 Å². The summed E-state index contributed by atoms with van der Waals surface area (Å²) in [7, 11) is 1.78. The van der Waals surface area contributed by atoms with E-state index in [0.717, 1.165) is 24.0 Å². The fourth-order valence-corrected chi connectivity index (χ4v) is 3.27. The summed E-state index contributed by atoms with van der Waals surface area (Å²) < 4.78 is 0. The molecular weight excluding hydrogens is 300 g/mol. The predicted molar refractivity (Wildman–Crippen MR) is 99.0 cm³/mol. The number of hydrogen-bond acceptors (Lipinski definition) is 2. The monoisotopic (exact) mass is 330 g/mol. The largest absolute Gasteiger partial charge is 0.366 e. The Hall–Kier alpha value is -2.04. The molecule has 2 rings (SSSR count). The van der Waals surface area contributed by atoms with Gasteiger partial charge in [0, 0.05) is 25.7 Å². The maximum absolute atomic E-state index is 11.1. The van der Waals surface area contributed by atoms with Gasteiger partial charge in [0.25, 0.3) is 0 Å². The molecule has 0 spiro atoms.